The zero-order valence-electron chi connectivity index (χ0n) is 21.9. The van der Waals surface area contributed by atoms with Gasteiger partial charge < -0.3 is 10.2 Å². The molecule has 7 nitrogen and oxygen atoms in total. The number of sulfonamides is 1. The molecule has 0 aromatic heterocycles. The predicted molar refractivity (Wildman–Crippen MR) is 148 cm³/mol. The monoisotopic (exact) mass is 533 g/mol. The molecule has 3 aromatic rings. The molecule has 1 aliphatic rings. The molecule has 0 aliphatic heterocycles. The van der Waals surface area contributed by atoms with Gasteiger partial charge in [-0.2, -0.15) is 0 Å². The first-order chi connectivity index (χ1) is 18.2. The number of nitrogens with zero attached hydrogens (tertiary/aromatic N) is 1. The van der Waals surface area contributed by atoms with Gasteiger partial charge in [0, 0.05) is 37.5 Å². The number of primary sulfonamides is 1. The average Bonchev–Trinajstić information content (AvgIpc) is 3.41. The molecule has 8 heteroatoms. The van der Waals surface area contributed by atoms with Gasteiger partial charge in [-0.25, -0.2) is 13.6 Å². The van der Waals surface area contributed by atoms with Crippen LogP contribution in [0.25, 0.3) is 11.1 Å². The van der Waals surface area contributed by atoms with Gasteiger partial charge in [-0.3, -0.25) is 9.59 Å². The summed E-state index contributed by atoms with van der Waals surface area (Å²) in [5, 5.41) is 8.40. The summed E-state index contributed by atoms with van der Waals surface area (Å²) in [4.78, 5) is 28.0. The number of carbonyl (C=O) groups excluding carboxylic acids is 2. The fourth-order valence-electron chi connectivity index (χ4n) is 5.16. The maximum absolute atomic E-state index is 13.3. The minimum atomic E-state index is -3.85. The van der Waals surface area contributed by atoms with Gasteiger partial charge in [0.05, 0.1) is 4.90 Å². The summed E-state index contributed by atoms with van der Waals surface area (Å²) in [6.07, 6.45) is 3.24. The van der Waals surface area contributed by atoms with E-state index in [2.05, 4.69) is 24.4 Å². The molecular formula is C30H35N3O4S. The molecule has 2 amide bonds. The van der Waals surface area contributed by atoms with Crippen LogP contribution in [0.3, 0.4) is 0 Å². The van der Waals surface area contributed by atoms with Crippen LogP contribution in [0.2, 0.25) is 0 Å². The highest BCUT2D eigenvalue weighted by atomic mass is 32.2. The van der Waals surface area contributed by atoms with Crippen LogP contribution >= 0.6 is 0 Å². The summed E-state index contributed by atoms with van der Waals surface area (Å²) in [7, 11) is -2.09. The lowest BCUT2D eigenvalue weighted by Gasteiger charge is -2.25. The number of hydrogen-bond donors (Lipinski definition) is 2. The van der Waals surface area contributed by atoms with E-state index in [9.17, 15) is 18.0 Å². The van der Waals surface area contributed by atoms with E-state index in [1.54, 1.807) is 30.1 Å². The summed E-state index contributed by atoms with van der Waals surface area (Å²) >= 11 is 0. The molecule has 1 aliphatic carbocycles. The van der Waals surface area contributed by atoms with E-state index in [-0.39, 0.29) is 28.5 Å². The van der Waals surface area contributed by atoms with E-state index in [1.165, 1.54) is 11.6 Å². The number of nitrogens with two attached hydrogens (primary N) is 1. The van der Waals surface area contributed by atoms with Crippen molar-refractivity contribution in [3.8, 4) is 11.1 Å². The molecule has 4 rings (SSSR count). The normalized spacial score (nSPS) is 17.2. The highest BCUT2D eigenvalue weighted by Gasteiger charge is 2.38. The largest absolute Gasteiger partial charge is 0.352 e. The number of nitrogens with one attached hydrogen (secondary N) is 1. The Morgan fingerprint density at radius 3 is 2.16 bits per heavy atom. The lowest BCUT2D eigenvalue weighted by atomic mass is 9.93. The topological polar surface area (TPSA) is 110 Å². The number of rotatable bonds is 9. The standard InChI is InChI=1S/C30H35N3O4S/c1-3-21-11-13-22(14-12-21)19-32-29(34)26-8-6-9-27(26)30(35)33(2)20-23-15-17-24(18-16-23)25-7-4-5-10-28(25)38(31,36)37/h4-5,7,10-18,26-27H,3,6,8-9,19-20H2,1-2H3,(H,32,34)(H2,31,36,37)/t26-,27?/m1/s1. The van der Waals surface area contributed by atoms with Crippen molar-refractivity contribution in [1.29, 1.82) is 0 Å². The Kier molecular flexibility index (Phi) is 8.64. The van der Waals surface area contributed by atoms with Gasteiger partial charge >= 0.3 is 0 Å². The first-order valence-corrected chi connectivity index (χ1v) is 14.5. The molecule has 2 atom stereocenters. The summed E-state index contributed by atoms with van der Waals surface area (Å²) in [6.45, 7) is 2.96. The lowest BCUT2D eigenvalue weighted by molar-refractivity contribution is -0.140. The number of amides is 2. The Balaban J connectivity index is 1.37. The van der Waals surface area contributed by atoms with Crippen LogP contribution in [0.15, 0.2) is 77.7 Å². The second-order valence-electron chi connectivity index (χ2n) is 9.96. The molecule has 0 spiro atoms. The van der Waals surface area contributed by atoms with E-state index in [1.807, 2.05) is 36.4 Å². The molecule has 0 saturated heterocycles. The molecule has 0 heterocycles. The van der Waals surface area contributed by atoms with Crippen molar-refractivity contribution >= 4 is 21.8 Å². The average molecular weight is 534 g/mol. The van der Waals surface area contributed by atoms with Crippen molar-refractivity contribution in [1.82, 2.24) is 10.2 Å². The Bertz CT molecular complexity index is 1390. The fraction of sp³-hybridized carbons (Fsp3) is 0.333. The SMILES string of the molecule is CCc1ccc(CNC(=O)[C@@H]2CCCC2C(=O)N(C)Cc2ccc(-c3ccccc3S(N)(=O)=O)cc2)cc1. The van der Waals surface area contributed by atoms with Gasteiger partial charge in [0.15, 0.2) is 0 Å². The molecule has 1 unspecified atom stereocenters. The fourth-order valence-corrected chi connectivity index (χ4v) is 5.92. The van der Waals surface area contributed by atoms with Crippen molar-refractivity contribution in [2.24, 2.45) is 17.0 Å². The second kappa shape index (κ2) is 11.9. The highest BCUT2D eigenvalue weighted by molar-refractivity contribution is 7.89. The molecule has 3 N–H and O–H groups in total. The molecule has 0 bridgehead atoms. The van der Waals surface area contributed by atoms with Gasteiger partial charge in [0.1, 0.15) is 0 Å². The van der Waals surface area contributed by atoms with Crippen LogP contribution in [-0.2, 0) is 39.1 Å². The van der Waals surface area contributed by atoms with Gasteiger partial charge in [0.2, 0.25) is 21.8 Å². The number of benzene rings is 3. The van der Waals surface area contributed by atoms with Crippen LogP contribution in [0.4, 0.5) is 0 Å². The van der Waals surface area contributed by atoms with Crippen LogP contribution in [0.5, 0.6) is 0 Å². The van der Waals surface area contributed by atoms with E-state index >= 15 is 0 Å². The van der Waals surface area contributed by atoms with E-state index in [0.29, 0.717) is 31.5 Å². The number of hydrogen-bond acceptors (Lipinski definition) is 4. The van der Waals surface area contributed by atoms with Crippen LogP contribution in [0.1, 0.15) is 42.9 Å². The first-order valence-electron chi connectivity index (χ1n) is 13.0. The third-order valence-electron chi connectivity index (χ3n) is 7.32. The van der Waals surface area contributed by atoms with Crippen LogP contribution < -0.4 is 10.5 Å². The van der Waals surface area contributed by atoms with Crippen molar-refractivity contribution in [2.45, 2.75) is 50.6 Å². The summed E-state index contributed by atoms with van der Waals surface area (Å²) in [5.41, 5.74) is 4.47. The van der Waals surface area contributed by atoms with Gasteiger partial charge in [-0.05, 0) is 47.6 Å². The molecular weight excluding hydrogens is 498 g/mol. The molecule has 38 heavy (non-hydrogen) atoms. The minimum absolute atomic E-state index is 0.0291. The van der Waals surface area contributed by atoms with Crippen molar-refractivity contribution in [2.75, 3.05) is 7.05 Å². The predicted octanol–water partition coefficient (Wildman–Crippen LogP) is 4.25. The zero-order valence-corrected chi connectivity index (χ0v) is 22.7. The molecule has 3 aromatic carbocycles. The summed E-state index contributed by atoms with van der Waals surface area (Å²) in [5.74, 6) is -0.745. The zero-order chi connectivity index (χ0) is 27.3. The van der Waals surface area contributed by atoms with E-state index < -0.39 is 10.0 Å². The van der Waals surface area contributed by atoms with Gasteiger partial charge in [0.25, 0.3) is 0 Å². The van der Waals surface area contributed by atoms with Gasteiger partial charge in [-0.1, -0.05) is 80.1 Å². The minimum Gasteiger partial charge on any atom is -0.352 e. The molecule has 0 radical (unpaired) electrons. The summed E-state index contributed by atoms with van der Waals surface area (Å²) in [6, 6.07) is 22.2. The maximum atomic E-state index is 13.3. The third kappa shape index (κ3) is 6.49. The Morgan fingerprint density at radius 1 is 0.895 bits per heavy atom. The van der Waals surface area contributed by atoms with E-state index in [4.69, 9.17) is 5.14 Å². The Morgan fingerprint density at radius 2 is 1.50 bits per heavy atom. The van der Waals surface area contributed by atoms with Crippen molar-refractivity contribution in [3.63, 3.8) is 0 Å². The van der Waals surface area contributed by atoms with Gasteiger partial charge in [-0.15, -0.1) is 0 Å². The quantitative estimate of drug-likeness (QED) is 0.428. The lowest BCUT2D eigenvalue weighted by Crippen LogP contribution is -2.40. The Hall–Kier alpha value is -3.49. The van der Waals surface area contributed by atoms with E-state index in [0.717, 1.165) is 29.5 Å². The molecule has 1 fully saturated rings. The van der Waals surface area contributed by atoms with Crippen molar-refractivity contribution in [3.05, 3.63) is 89.5 Å². The maximum Gasteiger partial charge on any atom is 0.238 e. The Labute approximate surface area is 225 Å². The third-order valence-corrected chi connectivity index (χ3v) is 8.29. The smallest absolute Gasteiger partial charge is 0.238 e. The highest BCUT2D eigenvalue weighted by Crippen LogP contribution is 2.34. The first kappa shape index (κ1) is 27.5. The van der Waals surface area contributed by atoms with Crippen molar-refractivity contribution < 1.29 is 18.0 Å². The van der Waals surface area contributed by atoms with Crippen LogP contribution in [0, 0.1) is 11.8 Å². The summed E-state index contributed by atoms with van der Waals surface area (Å²) < 4.78 is 23.9. The number of aryl methyl sites for hydroxylation is 1. The molecule has 1 saturated carbocycles. The van der Waals surface area contributed by atoms with Crippen LogP contribution in [-0.4, -0.2) is 32.2 Å². The molecule has 200 valence electrons. The number of carbonyl (C=O) groups is 2. The second-order valence-corrected chi connectivity index (χ2v) is 11.5.